The van der Waals surface area contributed by atoms with Gasteiger partial charge in [-0.05, 0) is 49.9 Å². The fourth-order valence-corrected chi connectivity index (χ4v) is 3.55. The van der Waals surface area contributed by atoms with E-state index >= 15 is 0 Å². The van der Waals surface area contributed by atoms with Gasteiger partial charge in [0.15, 0.2) is 0 Å². The smallest absolute Gasteiger partial charge is 0.258 e. The SMILES string of the molecule is CNS(=O)(=O)c1ccc(F)c(C(=O)Nc2ccc(C)c(NS(C)(=O)=O)c2)c1. The highest BCUT2D eigenvalue weighted by Crippen LogP contribution is 2.22. The third kappa shape index (κ3) is 5.25. The lowest BCUT2D eigenvalue weighted by atomic mass is 10.1. The van der Waals surface area contributed by atoms with E-state index in [-0.39, 0.29) is 16.3 Å². The average molecular weight is 415 g/mol. The normalized spacial score (nSPS) is 11.9. The summed E-state index contributed by atoms with van der Waals surface area (Å²) in [6.07, 6.45) is 0.987. The molecule has 2 aromatic rings. The molecule has 27 heavy (non-hydrogen) atoms. The van der Waals surface area contributed by atoms with E-state index in [1.807, 2.05) is 0 Å². The largest absolute Gasteiger partial charge is 0.322 e. The van der Waals surface area contributed by atoms with Gasteiger partial charge in [0.1, 0.15) is 5.82 Å². The van der Waals surface area contributed by atoms with Crippen LogP contribution in [-0.2, 0) is 20.0 Å². The lowest BCUT2D eigenvalue weighted by Gasteiger charge is -2.12. The number of halogens is 1. The van der Waals surface area contributed by atoms with Gasteiger partial charge in [0.25, 0.3) is 5.91 Å². The molecule has 0 atom stereocenters. The maximum Gasteiger partial charge on any atom is 0.258 e. The summed E-state index contributed by atoms with van der Waals surface area (Å²) in [5.74, 6) is -1.78. The predicted molar refractivity (Wildman–Crippen MR) is 100 cm³/mol. The molecule has 0 radical (unpaired) electrons. The molecule has 0 fully saturated rings. The first-order valence-electron chi connectivity index (χ1n) is 7.56. The number of amides is 1. The van der Waals surface area contributed by atoms with Crippen LogP contribution in [0.5, 0.6) is 0 Å². The minimum atomic E-state index is -3.85. The minimum Gasteiger partial charge on any atom is -0.322 e. The molecule has 3 N–H and O–H groups in total. The van der Waals surface area contributed by atoms with Gasteiger partial charge in [-0.1, -0.05) is 6.07 Å². The van der Waals surface area contributed by atoms with E-state index in [1.54, 1.807) is 13.0 Å². The molecule has 0 aliphatic carbocycles. The molecule has 2 rings (SSSR count). The summed E-state index contributed by atoms with van der Waals surface area (Å²) < 4.78 is 64.9. The van der Waals surface area contributed by atoms with Crippen molar-refractivity contribution in [3.8, 4) is 0 Å². The maximum atomic E-state index is 14.0. The molecular formula is C16H18FN3O5S2. The second-order valence-corrected chi connectivity index (χ2v) is 9.34. The van der Waals surface area contributed by atoms with E-state index in [0.717, 1.165) is 24.5 Å². The third-order valence-electron chi connectivity index (χ3n) is 3.55. The summed E-state index contributed by atoms with van der Waals surface area (Å²) in [6.45, 7) is 1.67. The van der Waals surface area contributed by atoms with Crippen LogP contribution in [0.3, 0.4) is 0 Å². The summed E-state index contributed by atoms with van der Waals surface area (Å²) in [4.78, 5) is 12.1. The number of nitrogens with one attached hydrogen (secondary N) is 3. The number of hydrogen-bond donors (Lipinski definition) is 3. The average Bonchev–Trinajstić information content (AvgIpc) is 2.56. The Morgan fingerprint density at radius 3 is 2.30 bits per heavy atom. The van der Waals surface area contributed by atoms with Gasteiger partial charge in [-0.15, -0.1) is 0 Å². The van der Waals surface area contributed by atoms with Crippen LogP contribution in [0.15, 0.2) is 41.3 Å². The van der Waals surface area contributed by atoms with Crippen molar-refractivity contribution in [3.05, 3.63) is 53.3 Å². The minimum absolute atomic E-state index is 0.207. The van der Waals surface area contributed by atoms with E-state index in [4.69, 9.17) is 0 Å². The molecule has 11 heteroatoms. The Bertz CT molecular complexity index is 1100. The Labute approximate surface area is 156 Å². The molecule has 0 saturated carbocycles. The zero-order valence-corrected chi connectivity index (χ0v) is 16.3. The fourth-order valence-electron chi connectivity index (χ4n) is 2.17. The molecule has 0 spiro atoms. The van der Waals surface area contributed by atoms with Crippen LogP contribution in [0.1, 0.15) is 15.9 Å². The summed E-state index contributed by atoms with van der Waals surface area (Å²) in [5, 5.41) is 2.42. The number of rotatable bonds is 6. The van der Waals surface area contributed by atoms with Crippen LogP contribution < -0.4 is 14.8 Å². The van der Waals surface area contributed by atoms with E-state index in [0.29, 0.717) is 5.56 Å². The molecule has 1 amide bonds. The number of sulfonamides is 2. The quantitative estimate of drug-likeness (QED) is 0.663. The molecule has 146 valence electrons. The fraction of sp³-hybridized carbons (Fsp3) is 0.188. The monoisotopic (exact) mass is 415 g/mol. The highest BCUT2D eigenvalue weighted by atomic mass is 32.2. The zero-order valence-electron chi connectivity index (χ0n) is 14.7. The van der Waals surface area contributed by atoms with Crippen LogP contribution in [-0.4, -0.2) is 36.0 Å². The molecule has 0 unspecified atom stereocenters. The first-order valence-corrected chi connectivity index (χ1v) is 10.9. The van der Waals surface area contributed by atoms with Crippen molar-refractivity contribution in [1.29, 1.82) is 0 Å². The number of carbonyl (C=O) groups is 1. The second-order valence-electron chi connectivity index (χ2n) is 5.71. The highest BCUT2D eigenvalue weighted by Gasteiger charge is 2.19. The standard InChI is InChI=1S/C16H18FN3O5S2/c1-10-4-5-11(8-15(10)20-26(3,22)23)19-16(21)13-9-12(6-7-14(13)17)27(24,25)18-2/h4-9,18,20H,1-3H3,(H,19,21). The Morgan fingerprint density at radius 1 is 1.04 bits per heavy atom. The zero-order chi connectivity index (χ0) is 20.4. The Morgan fingerprint density at radius 2 is 1.70 bits per heavy atom. The van der Waals surface area contributed by atoms with Crippen molar-refractivity contribution in [3.63, 3.8) is 0 Å². The van der Waals surface area contributed by atoms with Crippen LogP contribution >= 0.6 is 0 Å². The van der Waals surface area contributed by atoms with E-state index in [9.17, 15) is 26.0 Å². The Kier molecular flexibility index (Phi) is 5.88. The van der Waals surface area contributed by atoms with Gasteiger partial charge in [0, 0.05) is 5.69 Å². The summed E-state index contributed by atoms with van der Waals surface area (Å²) in [5.41, 5.74) is 0.608. The van der Waals surface area contributed by atoms with Crippen LogP contribution in [0.2, 0.25) is 0 Å². The first kappa shape index (κ1) is 20.8. The first-order chi connectivity index (χ1) is 12.4. The van der Waals surface area contributed by atoms with Gasteiger partial charge >= 0.3 is 0 Å². The van der Waals surface area contributed by atoms with Gasteiger partial charge < -0.3 is 5.32 Å². The lowest BCUT2D eigenvalue weighted by Crippen LogP contribution is -2.20. The predicted octanol–water partition coefficient (Wildman–Crippen LogP) is 1.67. The number of carbonyl (C=O) groups excluding carboxylic acids is 1. The van der Waals surface area contributed by atoms with E-state index < -0.39 is 37.3 Å². The van der Waals surface area contributed by atoms with Gasteiger partial charge in [0.05, 0.1) is 22.4 Å². The van der Waals surface area contributed by atoms with Crippen molar-refractivity contribution >= 4 is 37.3 Å². The molecule has 0 heterocycles. The van der Waals surface area contributed by atoms with Crippen molar-refractivity contribution in [1.82, 2.24) is 4.72 Å². The Balaban J connectivity index is 2.35. The van der Waals surface area contributed by atoms with E-state index in [1.165, 1.54) is 19.2 Å². The van der Waals surface area contributed by atoms with Gasteiger partial charge in [-0.2, -0.15) is 0 Å². The van der Waals surface area contributed by atoms with Crippen molar-refractivity contribution in [2.45, 2.75) is 11.8 Å². The molecular weight excluding hydrogens is 397 g/mol. The summed E-state index contributed by atoms with van der Waals surface area (Å²) >= 11 is 0. The van der Waals surface area contributed by atoms with Crippen LogP contribution in [0.25, 0.3) is 0 Å². The molecule has 0 aromatic heterocycles. The summed E-state index contributed by atoms with van der Waals surface area (Å²) in [6, 6.07) is 7.29. The highest BCUT2D eigenvalue weighted by molar-refractivity contribution is 7.92. The van der Waals surface area contributed by atoms with E-state index in [2.05, 4.69) is 14.8 Å². The van der Waals surface area contributed by atoms with Crippen LogP contribution in [0.4, 0.5) is 15.8 Å². The molecule has 8 nitrogen and oxygen atoms in total. The van der Waals surface area contributed by atoms with Crippen molar-refractivity contribution in [2.24, 2.45) is 0 Å². The topological polar surface area (TPSA) is 121 Å². The van der Waals surface area contributed by atoms with Crippen LogP contribution in [0, 0.1) is 12.7 Å². The van der Waals surface area contributed by atoms with Gasteiger partial charge in [-0.3, -0.25) is 9.52 Å². The number of benzene rings is 2. The second kappa shape index (κ2) is 7.62. The lowest BCUT2D eigenvalue weighted by molar-refractivity contribution is 0.102. The Hall–Kier alpha value is -2.50. The van der Waals surface area contributed by atoms with Gasteiger partial charge in [-0.25, -0.2) is 25.9 Å². The number of hydrogen-bond acceptors (Lipinski definition) is 5. The number of aryl methyl sites for hydroxylation is 1. The maximum absolute atomic E-state index is 14.0. The van der Waals surface area contributed by atoms with Gasteiger partial charge in [0.2, 0.25) is 20.0 Å². The van der Waals surface area contributed by atoms with Crippen molar-refractivity contribution < 1.29 is 26.0 Å². The third-order valence-corrected chi connectivity index (χ3v) is 5.55. The summed E-state index contributed by atoms with van der Waals surface area (Å²) in [7, 11) is -6.18. The molecule has 0 bridgehead atoms. The molecule has 2 aromatic carbocycles. The molecule has 0 aliphatic heterocycles. The molecule has 0 aliphatic rings. The number of anilines is 2. The van der Waals surface area contributed by atoms with Crippen molar-refractivity contribution in [2.75, 3.05) is 23.3 Å². The molecule has 0 saturated heterocycles.